The van der Waals surface area contributed by atoms with E-state index in [0.29, 0.717) is 0 Å². The van der Waals surface area contributed by atoms with Crippen molar-refractivity contribution in [1.82, 2.24) is 0 Å². The normalized spacial score (nSPS) is 41.2. The fourth-order valence-corrected chi connectivity index (χ4v) is 2.13. The highest BCUT2D eigenvalue weighted by Gasteiger charge is 2.55. The summed E-state index contributed by atoms with van der Waals surface area (Å²) in [7, 11) is 0. The molecule has 2 rings (SSSR count). The van der Waals surface area contributed by atoms with Crippen LogP contribution in [-0.4, -0.2) is 57.8 Å². The second-order valence-corrected chi connectivity index (χ2v) is 4.73. The van der Waals surface area contributed by atoms with Gasteiger partial charge < -0.3 is 29.5 Å². The molecule has 7 nitrogen and oxygen atoms in total. The van der Waals surface area contributed by atoms with Crippen molar-refractivity contribution in [1.29, 1.82) is 0 Å². The molecule has 0 aromatic carbocycles. The van der Waals surface area contributed by atoms with Gasteiger partial charge in [-0.2, -0.15) is 0 Å². The second-order valence-electron chi connectivity index (χ2n) is 4.73. The van der Waals surface area contributed by atoms with Crippen molar-refractivity contribution in [3.63, 3.8) is 0 Å². The quantitative estimate of drug-likeness (QED) is 0.591. The van der Waals surface area contributed by atoms with Crippen molar-refractivity contribution in [2.75, 3.05) is 0 Å². The van der Waals surface area contributed by atoms with E-state index < -0.39 is 48.9 Å². The maximum Gasteiger partial charge on any atom is 0.306 e. The lowest BCUT2D eigenvalue weighted by Crippen LogP contribution is -2.41. The van der Waals surface area contributed by atoms with Gasteiger partial charge in [-0.25, -0.2) is 0 Å². The third kappa shape index (κ3) is 2.43. The number of hydrogen-bond acceptors (Lipinski definition) is 6. The predicted molar refractivity (Wildman–Crippen MR) is 53.0 cm³/mol. The fraction of sp³-hybridized carbons (Fsp3) is 0.900. The number of ether oxygens (including phenoxy) is 3. The molecule has 2 fully saturated rings. The summed E-state index contributed by atoms with van der Waals surface area (Å²) in [4.78, 5) is 10.5. The van der Waals surface area contributed by atoms with Gasteiger partial charge in [0.1, 0.15) is 18.3 Å². The van der Waals surface area contributed by atoms with Crippen LogP contribution in [0.3, 0.4) is 0 Å². The van der Waals surface area contributed by atoms with Gasteiger partial charge >= 0.3 is 5.97 Å². The first kappa shape index (κ1) is 12.7. The van der Waals surface area contributed by atoms with Gasteiger partial charge in [-0.15, -0.1) is 0 Å². The third-order valence-corrected chi connectivity index (χ3v) is 2.82. The zero-order chi connectivity index (χ0) is 12.8. The van der Waals surface area contributed by atoms with Crippen LogP contribution in [0.4, 0.5) is 0 Å². The number of carbonyl (C=O) groups is 1. The van der Waals surface area contributed by atoms with E-state index >= 15 is 0 Å². The Bertz CT molecular complexity index is 316. The molecular weight excluding hydrogens is 232 g/mol. The summed E-state index contributed by atoms with van der Waals surface area (Å²) in [5.41, 5.74) is 0. The lowest BCUT2D eigenvalue weighted by atomic mass is 10.0. The Kier molecular flexibility index (Phi) is 3.13. The van der Waals surface area contributed by atoms with Gasteiger partial charge in [-0.05, 0) is 13.8 Å². The molecule has 2 heterocycles. The summed E-state index contributed by atoms with van der Waals surface area (Å²) in [6.45, 7) is 3.37. The van der Waals surface area contributed by atoms with Crippen molar-refractivity contribution in [2.24, 2.45) is 0 Å². The van der Waals surface area contributed by atoms with Crippen LogP contribution in [-0.2, 0) is 19.0 Å². The minimum atomic E-state index is -1.29. The second kappa shape index (κ2) is 4.18. The first-order valence-corrected chi connectivity index (χ1v) is 5.39. The summed E-state index contributed by atoms with van der Waals surface area (Å²) >= 11 is 0. The van der Waals surface area contributed by atoms with E-state index in [1.807, 2.05) is 0 Å². The molecule has 0 amide bonds. The number of fused-ring (bicyclic) bond motifs is 1. The Morgan fingerprint density at radius 1 is 1.41 bits per heavy atom. The standard InChI is InChI=1S/C10H16O7/c1-10(2)16-8-6(14)7(15-9(8)17-10)4(11)3-5(12)13/h4,6-9,11,14H,3H2,1-2H3,(H,12,13)/t4?,6-,7+,8+,9+/m0/s1. The van der Waals surface area contributed by atoms with Gasteiger partial charge in [0.15, 0.2) is 12.1 Å². The third-order valence-electron chi connectivity index (χ3n) is 2.82. The number of rotatable bonds is 3. The molecule has 0 aromatic heterocycles. The average Bonchev–Trinajstić information content (AvgIpc) is 2.60. The molecule has 0 aliphatic carbocycles. The van der Waals surface area contributed by atoms with Crippen LogP contribution in [0.2, 0.25) is 0 Å². The number of aliphatic carboxylic acids is 1. The van der Waals surface area contributed by atoms with E-state index in [-0.39, 0.29) is 0 Å². The topological polar surface area (TPSA) is 105 Å². The average molecular weight is 248 g/mol. The summed E-state index contributed by atoms with van der Waals surface area (Å²) in [5, 5.41) is 28.0. The summed E-state index contributed by atoms with van der Waals surface area (Å²) in [5.74, 6) is -2.01. The molecule has 2 aliphatic heterocycles. The SMILES string of the molecule is CC1(C)O[C@H]2O[C@H](C(O)CC(=O)O)[C@H](O)[C@H]2O1. The molecule has 3 N–H and O–H groups in total. The van der Waals surface area contributed by atoms with E-state index in [1.165, 1.54) is 0 Å². The van der Waals surface area contributed by atoms with Gasteiger partial charge in [-0.1, -0.05) is 0 Å². The molecular formula is C10H16O7. The van der Waals surface area contributed by atoms with E-state index in [9.17, 15) is 15.0 Å². The number of carboxylic acids is 1. The molecule has 0 spiro atoms. The predicted octanol–water partition coefficient (Wildman–Crippen LogP) is -0.941. The Balaban J connectivity index is 2.00. The Hall–Kier alpha value is -0.730. The van der Waals surface area contributed by atoms with Gasteiger partial charge in [-0.3, -0.25) is 4.79 Å². The monoisotopic (exact) mass is 248 g/mol. The van der Waals surface area contributed by atoms with Gasteiger partial charge in [0.2, 0.25) is 0 Å². The van der Waals surface area contributed by atoms with Crippen molar-refractivity contribution in [3.05, 3.63) is 0 Å². The maximum atomic E-state index is 10.5. The molecule has 0 aromatic rings. The van der Waals surface area contributed by atoms with E-state index in [2.05, 4.69) is 0 Å². The van der Waals surface area contributed by atoms with Crippen LogP contribution in [0.1, 0.15) is 20.3 Å². The van der Waals surface area contributed by atoms with Crippen LogP contribution in [0.5, 0.6) is 0 Å². The molecule has 17 heavy (non-hydrogen) atoms. The van der Waals surface area contributed by atoms with E-state index in [4.69, 9.17) is 19.3 Å². The molecule has 0 bridgehead atoms. The number of aliphatic hydroxyl groups excluding tert-OH is 2. The van der Waals surface area contributed by atoms with E-state index in [1.54, 1.807) is 13.8 Å². The van der Waals surface area contributed by atoms with Gasteiger partial charge in [0.05, 0.1) is 12.5 Å². The molecule has 2 aliphatic rings. The Labute approximate surface area is 97.9 Å². The number of carboxylic acid groups (broad SMARTS) is 1. The molecule has 2 saturated heterocycles. The molecule has 0 saturated carbocycles. The van der Waals surface area contributed by atoms with Gasteiger partial charge in [0.25, 0.3) is 0 Å². The molecule has 98 valence electrons. The molecule has 1 unspecified atom stereocenters. The van der Waals surface area contributed by atoms with Crippen molar-refractivity contribution < 1.29 is 34.3 Å². The van der Waals surface area contributed by atoms with Crippen molar-refractivity contribution in [2.45, 2.75) is 56.8 Å². The van der Waals surface area contributed by atoms with Crippen LogP contribution in [0, 0.1) is 0 Å². The first-order valence-electron chi connectivity index (χ1n) is 5.39. The smallest absolute Gasteiger partial charge is 0.306 e. The fourth-order valence-electron chi connectivity index (χ4n) is 2.13. The summed E-state index contributed by atoms with van der Waals surface area (Å²) in [6.07, 6.45) is -5.35. The maximum absolute atomic E-state index is 10.5. The highest BCUT2D eigenvalue weighted by molar-refractivity contribution is 5.67. The summed E-state index contributed by atoms with van der Waals surface area (Å²) < 4.78 is 16.1. The number of aliphatic hydroxyl groups is 2. The number of hydrogen-bond donors (Lipinski definition) is 3. The van der Waals surface area contributed by atoms with Crippen LogP contribution in [0.15, 0.2) is 0 Å². The lowest BCUT2D eigenvalue weighted by Gasteiger charge is -2.25. The van der Waals surface area contributed by atoms with E-state index in [0.717, 1.165) is 0 Å². The molecule has 0 radical (unpaired) electrons. The highest BCUT2D eigenvalue weighted by atomic mass is 16.8. The minimum Gasteiger partial charge on any atom is -0.481 e. The molecule has 5 atom stereocenters. The lowest BCUT2D eigenvalue weighted by molar-refractivity contribution is -0.226. The van der Waals surface area contributed by atoms with Crippen LogP contribution < -0.4 is 0 Å². The Morgan fingerprint density at radius 2 is 2.06 bits per heavy atom. The largest absolute Gasteiger partial charge is 0.481 e. The zero-order valence-electron chi connectivity index (χ0n) is 9.57. The Morgan fingerprint density at radius 3 is 2.59 bits per heavy atom. The van der Waals surface area contributed by atoms with Crippen molar-refractivity contribution >= 4 is 5.97 Å². The highest BCUT2D eigenvalue weighted by Crippen LogP contribution is 2.38. The molecule has 7 heteroatoms. The first-order chi connectivity index (χ1) is 7.80. The minimum absolute atomic E-state index is 0.495. The zero-order valence-corrected chi connectivity index (χ0v) is 9.57. The van der Waals surface area contributed by atoms with Gasteiger partial charge in [0, 0.05) is 0 Å². The van der Waals surface area contributed by atoms with Crippen LogP contribution in [0.25, 0.3) is 0 Å². The van der Waals surface area contributed by atoms with Crippen LogP contribution >= 0.6 is 0 Å². The van der Waals surface area contributed by atoms with Crippen molar-refractivity contribution in [3.8, 4) is 0 Å². The summed E-state index contributed by atoms with van der Waals surface area (Å²) in [6, 6.07) is 0.